The van der Waals surface area contributed by atoms with Crippen LogP contribution in [0.5, 0.6) is 5.88 Å². The fourth-order valence-electron chi connectivity index (χ4n) is 3.07. The smallest absolute Gasteiger partial charge is 0.345 e. The van der Waals surface area contributed by atoms with Gasteiger partial charge in [0.05, 0.1) is 26.9 Å². The summed E-state index contributed by atoms with van der Waals surface area (Å²) in [5.41, 5.74) is 2.30. The first-order valence-electron chi connectivity index (χ1n) is 9.31. The van der Waals surface area contributed by atoms with Gasteiger partial charge in [-0.25, -0.2) is 4.79 Å². The second kappa shape index (κ2) is 8.41. The van der Waals surface area contributed by atoms with E-state index in [1.807, 2.05) is 30.3 Å². The molecule has 0 amide bonds. The van der Waals surface area contributed by atoms with Gasteiger partial charge < -0.3 is 4.74 Å². The van der Waals surface area contributed by atoms with Crippen molar-refractivity contribution in [1.29, 1.82) is 0 Å². The average molecular weight is 434 g/mol. The van der Waals surface area contributed by atoms with Crippen LogP contribution in [0.3, 0.4) is 0 Å². The number of aryl methyl sites for hydroxylation is 1. The fraction of sp³-hybridized carbons (Fsp3) is 0.0435. The van der Waals surface area contributed by atoms with Gasteiger partial charge in [-0.1, -0.05) is 60.1 Å². The number of hydrogen-bond donors (Lipinski definition) is 0. The highest BCUT2D eigenvalue weighted by molar-refractivity contribution is 6.32. The number of para-hydroxylation sites is 1. The third-order valence-corrected chi connectivity index (χ3v) is 4.99. The third-order valence-electron chi connectivity index (χ3n) is 4.67. The van der Waals surface area contributed by atoms with E-state index in [-0.39, 0.29) is 17.1 Å². The van der Waals surface area contributed by atoms with E-state index < -0.39 is 10.9 Å². The molecule has 31 heavy (non-hydrogen) atoms. The Morgan fingerprint density at radius 3 is 2.45 bits per heavy atom. The highest BCUT2D eigenvalue weighted by Gasteiger charge is 2.20. The second-order valence-corrected chi connectivity index (χ2v) is 7.15. The number of rotatable bonds is 5. The first-order valence-corrected chi connectivity index (χ1v) is 9.69. The second-order valence-electron chi connectivity index (χ2n) is 6.74. The maximum Gasteiger partial charge on any atom is 0.345 e. The van der Waals surface area contributed by atoms with Gasteiger partial charge in [-0.2, -0.15) is 9.78 Å². The number of carbonyl (C=O) groups is 1. The van der Waals surface area contributed by atoms with Gasteiger partial charge in [0, 0.05) is 23.3 Å². The summed E-state index contributed by atoms with van der Waals surface area (Å²) in [5.74, 6) is -0.601. The van der Waals surface area contributed by atoms with E-state index in [0.717, 1.165) is 5.56 Å². The van der Waals surface area contributed by atoms with Crippen LogP contribution in [-0.4, -0.2) is 20.7 Å². The Labute approximate surface area is 182 Å². The molecule has 1 heterocycles. The standard InChI is InChI=1S/C23H16ClN3O4/c1-15-11-12-17(13-21(15)27(29)30)23(28)31-22-14-19(16-7-3-2-4-8-16)25-26(22)20-10-6-5-9-18(20)24/h2-14H,1H3. The molecule has 4 aromatic rings. The SMILES string of the molecule is Cc1ccc(C(=O)Oc2cc(-c3ccccc3)nn2-c2ccccc2Cl)cc1[N+](=O)[O-]. The largest absolute Gasteiger partial charge is 0.404 e. The van der Waals surface area contributed by atoms with Crippen LogP contribution in [0.25, 0.3) is 16.9 Å². The van der Waals surface area contributed by atoms with Crippen LogP contribution in [0.15, 0.2) is 78.9 Å². The van der Waals surface area contributed by atoms with Crippen LogP contribution in [0.4, 0.5) is 5.69 Å². The minimum atomic E-state index is -0.740. The topological polar surface area (TPSA) is 87.3 Å². The number of ether oxygens (including phenoxy) is 1. The van der Waals surface area contributed by atoms with Crippen molar-refractivity contribution in [2.45, 2.75) is 6.92 Å². The molecule has 0 aliphatic rings. The van der Waals surface area contributed by atoms with Gasteiger partial charge >= 0.3 is 5.97 Å². The molecule has 0 N–H and O–H groups in total. The minimum absolute atomic E-state index is 0.0606. The zero-order valence-corrected chi connectivity index (χ0v) is 17.1. The molecule has 1 aromatic heterocycles. The molecule has 0 bridgehead atoms. The molecule has 0 aliphatic heterocycles. The Balaban J connectivity index is 1.76. The van der Waals surface area contributed by atoms with E-state index in [1.165, 1.54) is 22.9 Å². The summed E-state index contributed by atoms with van der Waals surface area (Å²) < 4.78 is 7.03. The monoisotopic (exact) mass is 433 g/mol. The van der Waals surface area contributed by atoms with Gasteiger partial charge in [-0.15, -0.1) is 0 Å². The maximum atomic E-state index is 12.8. The molecule has 8 heteroatoms. The fourth-order valence-corrected chi connectivity index (χ4v) is 3.29. The van der Waals surface area contributed by atoms with Gasteiger partial charge in [0.2, 0.25) is 5.88 Å². The number of nitro groups is 1. The number of esters is 1. The molecular formula is C23H16ClN3O4. The highest BCUT2D eigenvalue weighted by Crippen LogP contribution is 2.30. The van der Waals surface area contributed by atoms with Crippen molar-refractivity contribution >= 4 is 23.3 Å². The molecule has 0 aliphatic carbocycles. The van der Waals surface area contributed by atoms with Crippen molar-refractivity contribution in [1.82, 2.24) is 9.78 Å². The van der Waals surface area contributed by atoms with Crippen molar-refractivity contribution in [3.8, 4) is 22.8 Å². The van der Waals surface area contributed by atoms with Crippen LogP contribution in [-0.2, 0) is 0 Å². The van der Waals surface area contributed by atoms with Crippen molar-refractivity contribution in [2.24, 2.45) is 0 Å². The number of carbonyl (C=O) groups excluding carboxylic acids is 1. The molecule has 0 fully saturated rings. The van der Waals surface area contributed by atoms with E-state index in [4.69, 9.17) is 16.3 Å². The lowest BCUT2D eigenvalue weighted by Gasteiger charge is -2.09. The van der Waals surface area contributed by atoms with E-state index in [2.05, 4.69) is 5.10 Å². The summed E-state index contributed by atoms with van der Waals surface area (Å²) in [5, 5.41) is 16.2. The molecule has 0 saturated heterocycles. The Kier molecular flexibility index (Phi) is 5.51. The first kappa shape index (κ1) is 20.3. The zero-order chi connectivity index (χ0) is 22.0. The summed E-state index contributed by atoms with van der Waals surface area (Å²) in [6.07, 6.45) is 0. The van der Waals surface area contributed by atoms with Crippen LogP contribution in [0.2, 0.25) is 5.02 Å². The van der Waals surface area contributed by atoms with E-state index in [1.54, 1.807) is 37.3 Å². The Hall–Kier alpha value is -3.97. The van der Waals surface area contributed by atoms with Gasteiger partial charge in [-0.05, 0) is 25.1 Å². The lowest BCUT2D eigenvalue weighted by molar-refractivity contribution is -0.385. The minimum Gasteiger partial charge on any atom is -0.404 e. The van der Waals surface area contributed by atoms with Gasteiger partial charge in [-0.3, -0.25) is 10.1 Å². The van der Waals surface area contributed by atoms with Crippen LogP contribution < -0.4 is 4.74 Å². The number of nitro benzene ring substituents is 1. The first-order chi connectivity index (χ1) is 14.9. The van der Waals surface area contributed by atoms with Crippen LogP contribution >= 0.6 is 11.6 Å². The van der Waals surface area contributed by atoms with Crippen molar-refractivity contribution in [3.05, 3.63) is 105 Å². The quantitative estimate of drug-likeness (QED) is 0.231. The normalized spacial score (nSPS) is 10.6. The van der Waals surface area contributed by atoms with Crippen LogP contribution in [0.1, 0.15) is 15.9 Å². The lowest BCUT2D eigenvalue weighted by Crippen LogP contribution is -2.12. The molecule has 0 radical (unpaired) electrons. The summed E-state index contributed by atoms with van der Waals surface area (Å²) in [4.78, 5) is 23.5. The third kappa shape index (κ3) is 4.17. The molecule has 7 nitrogen and oxygen atoms in total. The number of aromatic nitrogens is 2. The lowest BCUT2D eigenvalue weighted by atomic mass is 10.1. The number of halogens is 1. The molecular weight excluding hydrogens is 418 g/mol. The summed E-state index contributed by atoms with van der Waals surface area (Å²) in [6, 6.07) is 22.3. The van der Waals surface area contributed by atoms with Crippen molar-refractivity contribution < 1.29 is 14.5 Å². The summed E-state index contributed by atoms with van der Waals surface area (Å²) in [6.45, 7) is 1.60. The molecule has 154 valence electrons. The highest BCUT2D eigenvalue weighted by atomic mass is 35.5. The molecule has 0 saturated carbocycles. The Bertz CT molecular complexity index is 1290. The number of hydrogen-bond acceptors (Lipinski definition) is 5. The van der Waals surface area contributed by atoms with E-state index in [9.17, 15) is 14.9 Å². The Morgan fingerprint density at radius 2 is 1.74 bits per heavy atom. The predicted molar refractivity (Wildman–Crippen MR) is 117 cm³/mol. The Morgan fingerprint density at radius 1 is 1.03 bits per heavy atom. The van der Waals surface area contributed by atoms with Gasteiger partial charge in [0.15, 0.2) is 0 Å². The zero-order valence-electron chi connectivity index (χ0n) is 16.4. The number of benzene rings is 3. The number of nitrogens with zero attached hydrogens (tertiary/aromatic N) is 3. The maximum absolute atomic E-state index is 12.8. The van der Waals surface area contributed by atoms with Crippen molar-refractivity contribution in [2.75, 3.05) is 0 Å². The van der Waals surface area contributed by atoms with E-state index in [0.29, 0.717) is 22.0 Å². The summed E-state index contributed by atoms with van der Waals surface area (Å²) in [7, 11) is 0. The molecule has 3 aromatic carbocycles. The van der Waals surface area contributed by atoms with Gasteiger partial charge in [0.1, 0.15) is 0 Å². The predicted octanol–water partition coefficient (Wildman–Crippen LogP) is 5.63. The average Bonchev–Trinajstić information content (AvgIpc) is 3.18. The van der Waals surface area contributed by atoms with Crippen LogP contribution in [0, 0.1) is 17.0 Å². The van der Waals surface area contributed by atoms with E-state index >= 15 is 0 Å². The summed E-state index contributed by atoms with van der Waals surface area (Å²) >= 11 is 6.34. The molecule has 0 unspecified atom stereocenters. The molecule has 0 atom stereocenters. The van der Waals surface area contributed by atoms with Crippen molar-refractivity contribution in [3.63, 3.8) is 0 Å². The molecule has 0 spiro atoms. The van der Waals surface area contributed by atoms with Gasteiger partial charge in [0.25, 0.3) is 5.69 Å². The molecule has 4 rings (SSSR count).